The number of esters is 1. The number of thiophene rings is 1. The summed E-state index contributed by atoms with van der Waals surface area (Å²) in [7, 11) is 1.65. The van der Waals surface area contributed by atoms with Crippen molar-refractivity contribution in [1.82, 2.24) is 10.2 Å². The summed E-state index contributed by atoms with van der Waals surface area (Å²) in [4.78, 5) is 37.4. The third-order valence-corrected chi connectivity index (χ3v) is 4.46. The zero-order valence-corrected chi connectivity index (χ0v) is 15.0. The molecule has 0 bridgehead atoms. The van der Waals surface area contributed by atoms with Crippen LogP contribution in [0.3, 0.4) is 0 Å². The average Bonchev–Trinajstić information content (AvgIpc) is 3.14. The molecule has 0 saturated carbocycles. The molecule has 0 aliphatic carbocycles. The van der Waals surface area contributed by atoms with Crippen LogP contribution in [-0.4, -0.2) is 42.9 Å². The molecule has 7 heteroatoms. The second kappa shape index (κ2) is 8.98. The van der Waals surface area contributed by atoms with Crippen molar-refractivity contribution in [3.05, 3.63) is 57.8 Å². The van der Waals surface area contributed by atoms with Crippen molar-refractivity contribution in [2.24, 2.45) is 0 Å². The molecule has 1 heterocycles. The molecule has 0 atom stereocenters. The number of nitrogens with one attached hydrogen (secondary N) is 1. The fourth-order valence-corrected chi connectivity index (χ4v) is 2.72. The predicted octanol–water partition coefficient (Wildman–Crippen LogP) is 1.99. The van der Waals surface area contributed by atoms with Gasteiger partial charge >= 0.3 is 5.97 Å². The fraction of sp³-hybridized carbons (Fsp3) is 0.278. The van der Waals surface area contributed by atoms with E-state index in [1.807, 2.05) is 31.2 Å². The lowest BCUT2D eigenvalue weighted by Gasteiger charge is -2.18. The van der Waals surface area contributed by atoms with E-state index in [1.165, 1.54) is 16.2 Å². The molecular weight excluding hydrogens is 340 g/mol. The van der Waals surface area contributed by atoms with E-state index in [0.717, 1.165) is 11.1 Å². The average molecular weight is 360 g/mol. The minimum atomic E-state index is -0.650. The molecule has 0 saturated heterocycles. The first-order valence-corrected chi connectivity index (χ1v) is 8.61. The highest BCUT2D eigenvalue weighted by molar-refractivity contribution is 7.12. The molecule has 0 aliphatic heterocycles. The van der Waals surface area contributed by atoms with Crippen LogP contribution in [0.25, 0.3) is 0 Å². The number of hydrogen-bond acceptors (Lipinski definition) is 5. The number of carbonyl (C=O) groups excluding carboxylic acids is 3. The van der Waals surface area contributed by atoms with Gasteiger partial charge in [-0.1, -0.05) is 30.3 Å². The summed E-state index contributed by atoms with van der Waals surface area (Å²) >= 11 is 1.28. The summed E-state index contributed by atoms with van der Waals surface area (Å²) in [5.74, 6) is -1.29. The SMILES string of the molecule is Cc1ccccc1CN(C)C(=O)COC(=O)CNC(=O)c1cccs1. The maximum atomic E-state index is 12.1. The second-order valence-electron chi connectivity index (χ2n) is 5.50. The quantitative estimate of drug-likeness (QED) is 0.766. The van der Waals surface area contributed by atoms with Gasteiger partial charge < -0.3 is 15.0 Å². The summed E-state index contributed by atoms with van der Waals surface area (Å²) in [6.45, 7) is 1.80. The Morgan fingerprint density at radius 1 is 1.16 bits per heavy atom. The van der Waals surface area contributed by atoms with Gasteiger partial charge in [-0.05, 0) is 29.5 Å². The van der Waals surface area contributed by atoms with E-state index in [1.54, 1.807) is 24.6 Å². The molecule has 1 N–H and O–H groups in total. The topological polar surface area (TPSA) is 75.7 Å². The Labute approximate surface area is 150 Å². The molecule has 1 aromatic carbocycles. The Kier molecular flexibility index (Phi) is 6.71. The van der Waals surface area contributed by atoms with Crippen molar-refractivity contribution >= 4 is 29.1 Å². The number of nitrogens with zero attached hydrogens (tertiary/aromatic N) is 1. The Bertz CT molecular complexity index is 743. The van der Waals surface area contributed by atoms with Gasteiger partial charge in [0.25, 0.3) is 11.8 Å². The molecule has 132 valence electrons. The van der Waals surface area contributed by atoms with Crippen molar-refractivity contribution in [1.29, 1.82) is 0 Å². The summed E-state index contributed by atoms with van der Waals surface area (Å²) in [5, 5.41) is 4.23. The zero-order valence-electron chi connectivity index (χ0n) is 14.2. The van der Waals surface area contributed by atoms with Gasteiger partial charge in [-0.2, -0.15) is 0 Å². The van der Waals surface area contributed by atoms with E-state index >= 15 is 0 Å². The van der Waals surface area contributed by atoms with Crippen LogP contribution in [0.2, 0.25) is 0 Å². The number of carbonyl (C=O) groups is 3. The lowest BCUT2D eigenvalue weighted by molar-refractivity contribution is -0.150. The normalized spacial score (nSPS) is 10.2. The largest absolute Gasteiger partial charge is 0.454 e. The van der Waals surface area contributed by atoms with Crippen molar-refractivity contribution in [2.75, 3.05) is 20.2 Å². The van der Waals surface area contributed by atoms with Gasteiger partial charge in [-0.3, -0.25) is 14.4 Å². The zero-order chi connectivity index (χ0) is 18.2. The number of rotatable bonds is 7. The minimum absolute atomic E-state index is 0.272. The van der Waals surface area contributed by atoms with Crippen molar-refractivity contribution in [3.63, 3.8) is 0 Å². The van der Waals surface area contributed by atoms with Gasteiger partial charge in [-0.25, -0.2) is 0 Å². The summed E-state index contributed by atoms with van der Waals surface area (Å²) in [6.07, 6.45) is 0. The second-order valence-corrected chi connectivity index (χ2v) is 6.44. The van der Waals surface area contributed by atoms with Crippen LogP contribution in [0, 0.1) is 6.92 Å². The monoisotopic (exact) mass is 360 g/mol. The molecule has 2 rings (SSSR count). The third kappa shape index (κ3) is 5.72. The first-order chi connectivity index (χ1) is 12.0. The lowest BCUT2D eigenvalue weighted by atomic mass is 10.1. The van der Waals surface area contributed by atoms with Gasteiger partial charge in [0, 0.05) is 13.6 Å². The number of hydrogen-bond donors (Lipinski definition) is 1. The highest BCUT2D eigenvalue weighted by atomic mass is 32.1. The lowest BCUT2D eigenvalue weighted by Crippen LogP contribution is -2.34. The maximum absolute atomic E-state index is 12.1. The fourth-order valence-electron chi connectivity index (χ4n) is 2.08. The molecule has 0 radical (unpaired) electrons. The minimum Gasteiger partial charge on any atom is -0.454 e. The maximum Gasteiger partial charge on any atom is 0.325 e. The van der Waals surface area contributed by atoms with Gasteiger partial charge in [0.15, 0.2) is 6.61 Å². The van der Waals surface area contributed by atoms with E-state index in [2.05, 4.69) is 5.32 Å². The number of ether oxygens (including phenoxy) is 1. The number of aryl methyl sites for hydroxylation is 1. The Balaban J connectivity index is 1.72. The van der Waals surface area contributed by atoms with Crippen molar-refractivity contribution in [2.45, 2.75) is 13.5 Å². The summed E-state index contributed by atoms with van der Waals surface area (Å²) in [5.41, 5.74) is 2.13. The molecule has 2 amide bonds. The first kappa shape index (κ1) is 18.7. The molecule has 1 aromatic heterocycles. The third-order valence-electron chi connectivity index (χ3n) is 3.59. The molecule has 25 heavy (non-hydrogen) atoms. The standard InChI is InChI=1S/C18H20N2O4S/c1-13-6-3-4-7-14(13)11-20(2)16(21)12-24-17(22)10-19-18(23)15-8-5-9-25-15/h3-9H,10-12H2,1-2H3,(H,19,23). The van der Waals surface area contributed by atoms with Gasteiger partial charge in [0.2, 0.25) is 0 Å². The molecule has 6 nitrogen and oxygen atoms in total. The smallest absolute Gasteiger partial charge is 0.325 e. The van der Waals surface area contributed by atoms with Crippen LogP contribution >= 0.6 is 11.3 Å². The van der Waals surface area contributed by atoms with Crippen molar-refractivity contribution in [3.8, 4) is 0 Å². The van der Waals surface area contributed by atoms with E-state index in [4.69, 9.17) is 4.74 Å². The molecule has 0 aliphatic rings. The number of likely N-dealkylation sites (N-methyl/N-ethyl adjacent to an activating group) is 1. The van der Waals surface area contributed by atoms with Crippen LogP contribution in [-0.2, 0) is 20.9 Å². The van der Waals surface area contributed by atoms with Crippen LogP contribution in [0.15, 0.2) is 41.8 Å². The number of benzene rings is 1. The van der Waals surface area contributed by atoms with E-state index in [9.17, 15) is 14.4 Å². The molecule has 0 spiro atoms. The van der Waals surface area contributed by atoms with Crippen LogP contribution in [0.5, 0.6) is 0 Å². The molecule has 0 unspecified atom stereocenters. The molecule has 2 aromatic rings. The van der Waals surface area contributed by atoms with Crippen LogP contribution in [0.1, 0.15) is 20.8 Å². The van der Waals surface area contributed by atoms with E-state index in [0.29, 0.717) is 11.4 Å². The number of amides is 2. The Hall–Kier alpha value is -2.67. The highest BCUT2D eigenvalue weighted by Crippen LogP contribution is 2.10. The Morgan fingerprint density at radius 3 is 2.60 bits per heavy atom. The summed E-state index contributed by atoms with van der Waals surface area (Å²) < 4.78 is 4.92. The van der Waals surface area contributed by atoms with Crippen LogP contribution in [0.4, 0.5) is 0 Å². The van der Waals surface area contributed by atoms with Gasteiger partial charge in [0.1, 0.15) is 6.54 Å². The highest BCUT2D eigenvalue weighted by Gasteiger charge is 2.14. The summed E-state index contributed by atoms with van der Waals surface area (Å²) in [6, 6.07) is 11.2. The van der Waals surface area contributed by atoms with E-state index in [-0.39, 0.29) is 25.0 Å². The van der Waals surface area contributed by atoms with E-state index < -0.39 is 5.97 Å². The first-order valence-electron chi connectivity index (χ1n) is 7.73. The predicted molar refractivity (Wildman–Crippen MR) is 95.3 cm³/mol. The van der Waals surface area contributed by atoms with Crippen molar-refractivity contribution < 1.29 is 19.1 Å². The molecular formula is C18H20N2O4S. The van der Waals surface area contributed by atoms with Crippen LogP contribution < -0.4 is 5.32 Å². The molecule has 0 fully saturated rings. The van der Waals surface area contributed by atoms with Gasteiger partial charge in [-0.15, -0.1) is 11.3 Å². The van der Waals surface area contributed by atoms with Gasteiger partial charge in [0.05, 0.1) is 4.88 Å². The Morgan fingerprint density at radius 2 is 1.92 bits per heavy atom.